The Hall–Kier alpha value is -1.57. The van der Waals surface area contributed by atoms with Crippen molar-refractivity contribution in [1.29, 1.82) is 0 Å². The number of aliphatic carboxylic acids is 1. The van der Waals surface area contributed by atoms with Crippen LogP contribution in [0.25, 0.3) is 0 Å². The third-order valence-corrected chi connectivity index (χ3v) is 2.86. The van der Waals surface area contributed by atoms with Gasteiger partial charge in [0, 0.05) is 6.54 Å². The highest BCUT2D eigenvalue weighted by molar-refractivity contribution is 6.61. The monoisotopic (exact) mass is 265 g/mol. The van der Waals surface area contributed by atoms with Gasteiger partial charge in [-0.05, 0) is 37.3 Å². The van der Waals surface area contributed by atoms with Crippen molar-refractivity contribution in [2.45, 2.75) is 6.10 Å². The zero-order valence-corrected chi connectivity index (χ0v) is 10.9. The minimum absolute atomic E-state index is 0.187. The van der Waals surface area contributed by atoms with Gasteiger partial charge in [0.05, 0.1) is 6.10 Å². The average Bonchev–Trinajstić information content (AvgIpc) is 2.63. The summed E-state index contributed by atoms with van der Waals surface area (Å²) in [6, 6.07) is 5.11. The number of carboxylic acid groups (broad SMARTS) is 1. The summed E-state index contributed by atoms with van der Waals surface area (Å²) in [4.78, 5) is 12.4. The van der Waals surface area contributed by atoms with E-state index in [-0.39, 0.29) is 6.10 Å². The molecule has 0 radical (unpaired) electrons. The van der Waals surface area contributed by atoms with Gasteiger partial charge in [0.1, 0.15) is 5.75 Å². The lowest BCUT2D eigenvalue weighted by Crippen LogP contribution is -2.28. The molecule has 0 saturated carbocycles. The van der Waals surface area contributed by atoms with Gasteiger partial charge in [-0.2, -0.15) is 0 Å². The highest BCUT2D eigenvalue weighted by Gasteiger charge is 2.35. The molecule has 0 aromatic heterocycles. The fourth-order valence-electron chi connectivity index (χ4n) is 2.07. The Morgan fingerprint density at radius 1 is 1.53 bits per heavy atom. The highest BCUT2D eigenvalue weighted by Crippen LogP contribution is 2.26. The summed E-state index contributed by atoms with van der Waals surface area (Å²) in [5.74, 6) is -0.628. The lowest BCUT2D eigenvalue weighted by Gasteiger charge is -2.17. The molecule has 1 aliphatic rings. The first-order chi connectivity index (χ1) is 8.97. The quantitative estimate of drug-likeness (QED) is 0.697. The first kappa shape index (κ1) is 13.9. The van der Waals surface area contributed by atoms with Crippen LogP contribution in [-0.2, 0) is 9.45 Å². The number of carboxylic acids is 1. The van der Waals surface area contributed by atoms with E-state index < -0.39 is 19.7 Å². The van der Waals surface area contributed by atoms with E-state index >= 15 is 0 Å². The van der Waals surface area contributed by atoms with Crippen molar-refractivity contribution in [3.05, 3.63) is 23.8 Å². The lowest BCUT2D eigenvalue weighted by molar-refractivity contribution is -0.139. The van der Waals surface area contributed by atoms with E-state index in [2.05, 4.69) is 0 Å². The molecule has 19 heavy (non-hydrogen) atoms. The Labute approximate surface area is 111 Å². The Balaban J connectivity index is 2.16. The molecule has 0 amide bonds. The van der Waals surface area contributed by atoms with Crippen molar-refractivity contribution >= 4 is 18.6 Å². The van der Waals surface area contributed by atoms with Crippen LogP contribution in [0.2, 0.25) is 0 Å². The van der Waals surface area contributed by atoms with Crippen LogP contribution in [0.3, 0.4) is 0 Å². The summed E-state index contributed by atoms with van der Waals surface area (Å²) in [5, 5.41) is 18.4. The molecule has 102 valence electrons. The van der Waals surface area contributed by atoms with Crippen molar-refractivity contribution < 1.29 is 24.3 Å². The minimum atomic E-state index is -1.04. The molecule has 1 unspecified atom stereocenters. The topological polar surface area (TPSA) is 79.2 Å². The molecule has 2 rings (SSSR count). The predicted octanol–water partition coefficient (Wildman–Crippen LogP) is -0.530. The molecule has 0 bridgehead atoms. The molecule has 1 aromatic rings. The molecule has 1 aliphatic heterocycles. The summed E-state index contributed by atoms with van der Waals surface area (Å²) in [5.41, 5.74) is 1.54. The highest BCUT2D eigenvalue weighted by atomic mass is 16.5. The lowest BCUT2D eigenvalue weighted by atomic mass is 9.79. The van der Waals surface area contributed by atoms with Gasteiger partial charge in [-0.25, -0.2) is 4.79 Å². The smallest absolute Gasteiger partial charge is 0.482 e. The van der Waals surface area contributed by atoms with Crippen LogP contribution in [0.4, 0.5) is 0 Å². The van der Waals surface area contributed by atoms with Crippen molar-refractivity contribution in [3.63, 3.8) is 0 Å². The van der Waals surface area contributed by atoms with Gasteiger partial charge < -0.3 is 24.4 Å². The van der Waals surface area contributed by atoms with Gasteiger partial charge in [0.2, 0.25) is 0 Å². The van der Waals surface area contributed by atoms with E-state index in [9.17, 15) is 9.82 Å². The van der Waals surface area contributed by atoms with Crippen LogP contribution in [-0.4, -0.2) is 55.4 Å². The maximum atomic E-state index is 10.4. The van der Waals surface area contributed by atoms with Crippen molar-refractivity contribution in [3.8, 4) is 5.75 Å². The summed E-state index contributed by atoms with van der Waals surface area (Å²) in [7, 11) is 2.87. The number of fused-ring (bicyclic) bond motifs is 1. The van der Waals surface area contributed by atoms with Crippen molar-refractivity contribution in [2.75, 3.05) is 27.2 Å². The van der Waals surface area contributed by atoms with Crippen molar-refractivity contribution in [2.24, 2.45) is 0 Å². The van der Waals surface area contributed by atoms with E-state index in [1.165, 1.54) is 0 Å². The Morgan fingerprint density at radius 3 is 2.89 bits per heavy atom. The standard InChI is InChI=1S/C12H16BNO5/c1-14(2)6-11-9-4-3-8(18-7-12(15)16)5-10(9)13(17)19-11/h3-5,11,17H,6-7H2,1-2H3,(H,15,16). The molecule has 1 aromatic carbocycles. The molecule has 1 heterocycles. The SMILES string of the molecule is CN(C)CC1OB(O)c2cc(OCC(=O)O)ccc21. The van der Waals surface area contributed by atoms with Crippen LogP contribution in [0.5, 0.6) is 5.75 Å². The Kier molecular flexibility index (Phi) is 4.09. The molecule has 0 saturated heterocycles. The second-order valence-corrected chi connectivity index (χ2v) is 4.71. The number of carbonyl (C=O) groups is 1. The molecule has 0 fully saturated rings. The van der Waals surface area contributed by atoms with Gasteiger partial charge in [0.15, 0.2) is 6.61 Å². The molecule has 7 heteroatoms. The van der Waals surface area contributed by atoms with Gasteiger partial charge in [-0.3, -0.25) is 0 Å². The van der Waals surface area contributed by atoms with Gasteiger partial charge in [-0.15, -0.1) is 0 Å². The normalized spacial score (nSPS) is 17.7. The third-order valence-electron chi connectivity index (χ3n) is 2.86. The zero-order chi connectivity index (χ0) is 14.0. The van der Waals surface area contributed by atoms with Crippen LogP contribution in [0, 0.1) is 0 Å². The minimum Gasteiger partial charge on any atom is -0.482 e. The van der Waals surface area contributed by atoms with Crippen LogP contribution in [0.15, 0.2) is 18.2 Å². The number of hydrogen-bond acceptors (Lipinski definition) is 5. The average molecular weight is 265 g/mol. The molecular weight excluding hydrogens is 249 g/mol. The van der Waals surface area contributed by atoms with E-state index in [4.69, 9.17) is 14.5 Å². The van der Waals surface area contributed by atoms with Gasteiger partial charge in [0.25, 0.3) is 0 Å². The molecule has 2 N–H and O–H groups in total. The van der Waals surface area contributed by atoms with Crippen LogP contribution in [0.1, 0.15) is 11.7 Å². The van der Waals surface area contributed by atoms with E-state index in [1.807, 2.05) is 19.0 Å². The summed E-state index contributed by atoms with van der Waals surface area (Å²) in [6.45, 7) is 0.260. The molecule has 0 spiro atoms. The molecule has 0 aliphatic carbocycles. The third kappa shape index (κ3) is 3.26. The maximum absolute atomic E-state index is 10.4. The van der Waals surface area contributed by atoms with Crippen molar-refractivity contribution in [1.82, 2.24) is 4.90 Å². The summed E-state index contributed by atoms with van der Waals surface area (Å²) < 4.78 is 10.5. The van der Waals surface area contributed by atoms with E-state index in [1.54, 1.807) is 18.2 Å². The predicted molar refractivity (Wildman–Crippen MR) is 69.6 cm³/mol. The first-order valence-corrected chi connectivity index (χ1v) is 5.94. The summed E-state index contributed by atoms with van der Waals surface area (Å²) in [6.07, 6.45) is -0.187. The second-order valence-electron chi connectivity index (χ2n) is 4.71. The summed E-state index contributed by atoms with van der Waals surface area (Å²) >= 11 is 0. The Morgan fingerprint density at radius 2 is 2.26 bits per heavy atom. The first-order valence-electron chi connectivity index (χ1n) is 5.94. The van der Waals surface area contributed by atoms with Gasteiger partial charge >= 0.3 is 13.1 Å². The second kappa shape index (κ2) is 5.60. The van der Waals surface area contributed by atoms with E-state index in [0.29, 0.717) is 17.8 Å². The number of likely N-dealkylation sites (N-methyl/N-ethyl adjacent to an activating group) is 1. The number of nitrogens with zero attached hydrogens (tertiary/aromatic N) is 1. The number of rotatable bonds is 5. The fourth-order valence-corrected chi connectivity index (χ4v) is 2.07. The number of hydrogen-bond donors (Lipinski definition) is 2. The fraction of sp³-hybridized carbons (Fsp3) is 0.417. The molecule has 1 atom stereocenters. The van der Waals surface area contributed by atoms with E-state index in [0.717, 1.165) is 5.56 Å². The molecule has 6 nitrogen and oxygen atoms in total. The number of ether oxygens (including phenoxy) is 1. The van der Waals surface area contributed by atoms with Crippen LogP contribution < -0.4 is 10.2 Å². The molecular formula is C12H16BNO5. The Bertz CT molecular complexity index is 479. The van der Waals surface area contributed by atoms with Gasteiger partial charge in [-0.1, -0.05) is 6.07 Å². The largest absolute Gasteiger partial charge is 0.492 e. The maximum Gasteiger partial charge on any atom is 0.492 e. The zero-order valence-electron chi connectivity index (χ0n) is 10.9. The van der Waals surface area contributed by atoms with Crippen LogP contribution >= 0.6 is 0 Å². The number of benzene rings is 1.